The first-order valence-corrected chi connectivity index (χ1v) is 9.84. The summed E-state index contributed by atoms with van der Waals surface area (Å²) < 4.78 is 0. The molecule has 3 atom stereocenters. The van der Waals surface area contributed by atoms with Crippen molar-refractivity contribution in [2.24, 2.45) is 0 Å². The van der Waals surface area contributed by atoms with E-state index in [-0.39, 0.29) is 30.4 Å². The molecule has 0 aromatic heterocycles. The largest absolute Gasteiger partial charge is 0.334 e. The second-order valence-corrected chi connectivity index (χ2v) is 8.06. The third-order valence-corrected chi connectivity index (χ3v) is 6.66. The molecule has 0 radical (unpaired) electrons. The second-order valence-electron chi connectivity index (χ2n) is 8.06. The Morgan fingerprint density at radius 2 is 1.96 bits per heavy atom. The molecule has 2 N–H and O–H groups in total. The van der Waals surface area contributed by atoms with E-state index in [9.17, 15) is 14.4 Å². The molecule has 1 aliphatic carbocycles. The summed E-state index contributed by atoms with van der Waals surface area (Å²) in [6, 6.07) is 7.69. The van der Waals surface area contributed by atoms with Crippen molar-refractivity contribution in [1.82, 2.24) is 20.4 Å². The number of nitrogens with zero attached hydrogens (tertiary/aromatic N) is 2. The van der Waals surface area contributed by atoms with Gasteiger partial charge in [0.25, 0.3) is 5.91 Å². The minimum absolute atomic E-state index is 0.113. The van der Waals surface area contributed by atoms with Gasteiger partial charge in [0.15, 0.2) is 0 Å². The van der Waals surface area contributed by atoms with E-state index in [2.05, 4.69) is 10.6 Å². The summed E-state index contributed by atoms with van der Waals surface area (Å²) in [5.41, 5.74) is 0.973. The van der Waals surface area contributed by atoms with Gasteiger partial charge in [0.2, 0.25) is 5.91 Å². The van der Waals surface area contributed by atoms with Crippen LogP contribution in [0.4, 0.5) is 4.79 Å². The molecule has 4 aliphatic rings. The maximum Gasteiger partial charge on any atom is 0.325 e. The van der Waals surface area contributed by atoms with Gasteiger partial charge in [0, 0.05) is 18.6 Å². The number of nitrogens with one attached hydrogen (secondary N) is 2. The number of benzene rings is 1. The van der Waals surface area contributed by atoms with Crippen LogP contribution < -0.4 is 10.6 Å². The van der Waals surface area contributed by atoms with Crippen LogP contribution >= 0.6 is 0 Å². The van der Waals surface area contributed by atoms with E-state index in [1.54, 1.807) is 0 Å². The molecule has 3 saturated heterocycles. The second kappa shape index (κ2) is 6.05. The first kappa shape index (κ1) is 16.7. The maximum atomic E-state index is 13.2. The topological polar surface area (TPSA) is 81.8 Å². The van der Waals surface area contributed by atoms with Gasteiger partial charge in [-0.05, 0) is 49.8 Å². The predicted molar refractivity (Wildman–Crippen MR) is 97.8 cm³/mol. The predicted octanol–water partition coefficient (Wildman–Crippen LogP) is 0.733. The molecule has 2 bridgehead atoms. The summed E-state index contributed by atoms with van der Waals surface area (Å²) in [6.07, 6.45) is 4.24. The average Bonchev–Trinajstić information content (AvgIpc) is 3.23. The molecule has 5 rings (SSSR count). The Bertz CT molecular complexity index is 811. The number of imide groups is 1. The Morgan fingerprint density at radius 1 is 1.15 bits per heavy atom. The van der Waals surface area contributed by atoms with Crippen molar-refractivity contribution in [2.45, 2.75) is 49.7 Å². The molecule has 142 valence electrons. The van der Waals surface area contributed by atoms with Crippen molar-refractivity contribution in [3.05, 3.63) is 35.4 Å². The molecular formula is C20H24N4O3. The highest BCUT2D eigenvalue weighted by Crippen LogP contribution is 2.41. The Kier molecular flexibility index (Phi) is 3.75. The van der Waals surface area contributed by atoms with E-state index < -0.39 is 11.6 Å². The Morgan fingerprint density at radius 3 is 2.85 bits per heavy atom. The summed E-state index contributed by atoms with van der Waals surface area (Å²) in [4.78, 5) is 41.9. The minimum atomic E-state index is -0.993. The highest BCUT2D eigenvalue weighted by Gasteiger charge is 2.56. The normalized spacial score (nSPS) is 32.0. The summed E-state index contributed by atoms with van der Waals surface area (Å²) >= 11 is 0. The van der Waals surface area contributed by atoms with Gasteiger partial charge in [0.05, 0.1) is 0 Å². The molecule has 3 unspecified atom stereocenters. The molecule has 3 heterocycles. The molecule has 1 aromatic carbocycles. The van der Waals surface area contributed by atoms with E-state index in [1.165, 1.54) is 0 Å². The summed E-state index contributed by atoms with van der Waals surface area (Å²) in [5, 5.41) is 6.27. The van der Waals surface area contributed by atoms with Crippen LogP contribution in [-0.4, -0.2) is 59.4 Å². The van der Waals surface area contributed by atoms with Crippen LogP contribution in [0.15, 0.2) is 24.3 Å². The Balaban J connectivity index is 1.38. The molecule has 7 heteroatoms. The van der Waals surface area contributed by atoms with E-state index in [1.807, 2.05) is 29.2 Å². The van der Waals surface area contributed by atoms with Gasteiger partial charge < -0.3 is 15.5 Å². The van der Waals surface area contributed by atoms with Crippen LogP contribution in [0.2, 0.25) is 0 Å². The lowest BCUT2D eigenvalue weighted by atomic mass is 9.92. The fourth-order valence-electron chi connectivity index (χ4n) is 5.34. The van der Waals surface area contributed by atoms with E-state index in [0.717, 1.165) is 54.8 Å². The highest BCUT2D eigenvalue weighted by atomic mass is 16.2. The van der Waals surface area contributed by atoms with Gasteiger partial charge >= 0.3 is 6.03 Å². The number of fused-ring (bicyclic) bond motifs is 4. The maximum absolute atomic E-state index is 13.2. The monoisotopic (exact) mass is 368 g/mol. The van der Waals surface area contributed by atoms with Crippen LogP contribution in [0.1, 0.15) is 36.8 Å². The lowest BCUT2D eigenvalue weighted by molar-refractivity contribution is -0.140. The molecule has 1 aromatic rings. The van der Waals surface area contributed by atoms with E-state index in [4.69, 9.17) is 0 Å². The molecule has 0 saturated carbocycles. The van der Waals surface area contributed by atoms with Crippen molar-refractivity contribution in [2.75, 3.05) is 19.6 Å². The fraction of sp³-hybridized carbons (Fsp3) is 0.550. The number of hydrogen-bond acceptors (Lipinski definition) is 4. The third kappa shape index (κ3) is 2.41. The van der Waals surface area contributed by atoms with E-state index >= 15 is 0 Å². The highest BCUT2D eigenvalue weighted by molar-refractivity contribution is 6.10. The SMILES string of the molecule is O=C1NC2(CCc3ccccc32)C(=O)N1CC(=O)N1C2CCNCC1CC2. The van der Waals surface area contributed by atoms with Gasteiger partial charge in [-0.1, -0.05) is 24.3 Å². The van der Waals surface area contributed by atoms with Gasteiger partial charge in [-0.15, -0.1) is 0 Å². The van der Waals surface area contributed by atoms with Crippen LogP contribution in [0.3, 0.4) is 0 Å². The third-order valence-electron chi connectivity index (χ3n) is 6.66. The summed E-state index contributed by atoms with van der Waals surface area (Å²) in [7, 11) is 0. The smallest absolute Gasteiger partial charge is 0.325 e. The van der Waals surface area contributed by atoms with E-state index in [0.29, 0.717) is 6.42 Å². The first-order valence-electron chi connectivity index (χ1n) is 9.84. The number of amides is 4. The van der Waals surface area contributed by atoms with Crippen LogP contribution in [0, 0.1) is 0 Å². The number of aryl methyl sites for hydroxylation is 1. The van der Waals surface area contributed by atoms with Crippen LogP contribution in [0.25, 0.3) is 0 Å². The molecule has 7 nitrogen and oxygen atoms in total. The van der Waals surface area contributed by atoms with Gasteiger partial charge in [-0.3, -0.25) is 14.5 Å². The molecule has 27 heavy (non-hydrogen) atoms. The van der Waals surface area contributed by atoms with Crippen molar-refractivity contribution in [1.29, 1.82) is 0 Å². The summed E-state index contributed by atoms with van der Waals surface area (Å²) in [5.74, 6) is -0.399. The van der Waals surface area contributed by atoms with Crippen LogP contribution in [-0.2, 0) is 21.5 Å². The Hall–Kier alpha value is -2.41. The zero-order valence-electron chi connectivity index (χ0n) is 15.2. The Labute approximate surface area is 158 Å². The number of carbonyl (C=O) groups excluding carboxylic acids is 3. The van der Waals surface area contributed by atoms with Crippen molar-refractivity contribution < 1.29 is 14.4 Å². The lowest BCUT2D eigenvalue weighted by Gasteiger charge is -2.29. The number of urea groups is 1. The zero-order chi connectivity index (χ0) is 18.6. The molecule has 3 fully saturated rings. The van der Waals surface area contributed by atoms with Crippen LogP contribution in [0.5, 0.6) is 0 Å². The van der Waals surface area contributed by atoms with Crippen molar-refractivity contribution >= 4 is 17.8 Å². The first-order chi connectivity index (χ1) is 13.1. The fourth-order valence-corrected chi connectivity index (χ4v) is 5.34. The number of hydrogen-bond donors (Lipinski definition) is 2. The van der Waals surface area contributed by atoms with Crippen molar-refractivity contribution in [3.8, 4) is 0 Å². The quantitative estimate of drug-likeness (QED) is 0.754. The van der Waals surface area contributed by atoms with Gasteiger partial charge in [0.1, 0.15) is 12.1 Å². The van der Waals surface area contributed by atoms with Crippen molar-refractivity contribution in [3.63, 3.8) is 0 Å². The molecule has 3 aliphatic heterocycles. The molecule has 1 spiro atoms. The minimum Gasteiger partial charge on any atom is -0.334 e. The zero-order valence-corrected chi connectivity index (χ0v) is 15.2. The lowest BCUT2D eigenvalue weighted by Crippen LogP contribution is -2.49. The number of rotatable bonds is 2. The summed E-state index contributed by atoms with van der Waals surface area (Å²) in [6.45, 7) is 1.54. The number of carbonyl (C=O) groups is 3. The molecule has 4 amide bonds. The average molecular weight is 368 g/mol. The standard InChI is InChI=1S/C20H24N4O3/c25-17(24-14-5-6-15(24)11-21-10-8-14)12-23-18(26)20(22-19(23)27)9-7-13-3-1-2-4-16(13)20/h1-4,14-15,21H,5-12H2,(H,22,27). The molecular weight excluding hydrogens is 344 g/mol. The van der Waals surface area contributed by atoms with Gasteiger partial charge in [-0.2, -0.15) is 0 Å². The van der Waals surface area contributed by atoms with Gasteiger partial charge in [-0.25, -0.2) is 4.79 Å².